The number of nitrogens with zero attached hydrogens (tertiary/aromatic N) is 2. The highest BCUT2D eigenvalue weighted by Crippen LogP contribution is 2.43. The second-order valence-electron chi connectivity index (χ2n) is 6.38. The molecule has 0 bridgehead atoms. The van der Waals surface area contributed by atoms with Gasteiger partial charge in [-0.1, -0.05) is 19.1 Å². The zero-order valence-electron chi connectivity index (χ0n) is 12.3. The average molecular weight is 300 g/mol. The van der Waals surface area contributed by atoms with Crippen LogP contribution in [0.4, 0.5) is 0 Å². The van der Waals surface area contributed by atoms with Crippen LogP contribution < -0.4 is 0 Å². The van der Waals surface area contributed by atoms with Crippen LogP contribution in [0.1, 0.15) is 43.7 Å². The van der Waals surface area contributed by atoms with Crippen molar-refractivity contribution < 1.29 is 4.79 Å². The SMILES string of the molecule is C[C@@H]1C[C@@H]1C(=O)N1CCCC[C@H]1c1nc2ccccc2s1. The van der Waals surface area contributed by atoms with Gasteiger partial charge in [-0.15, -0.1) is 11.3 Å². The van der Waals surface area contributed by atoms with Crippen LogP contribution in [-0.4, -0.2) is 22.3 Å². The van der Waals surface area contributed by atoms with Crippen LogP contribution in [0.3, 0.4) is 0 Å². The number of para-hydroxylation sites is 1. The molecule has 0 N–H and O–H groups in total. The van der Waals surface area contributed by atoms with Gasteiger partial charge in [0, 0.05) is 12.5 Å². The molecule has 3 nitrogen and oxygen atoms in total. The zero-order chi connectivity index (χ0) is 14.4. The third-order valence-corrected chi connectivity index (χ3v) is 5.95. The van der Waals surface area contributed by atoms with Gasteiger partial charge in [0.15, 0.2) is 0 Å². The van der Waals surface area contributed by atoms with E-state index in [9.17, 15) is 4.79 Å². The van der Waals surface area contributed by atoms with E-state index in [0.717, 1.165) is 36.3 Å². The molecule has 1 aliphatic carbocycles. The van der Waals surface area contributed by atoms with Crippen LogP contribution in [0.25, 0.3) is 10.2 Å². The molecule has 4 rings (SSSR count). The highest BCUT2D eigenvalue weighted by Gasteiger charge is 2.44. The lowest BCUT2D eigenvalue weighted by Crippen LogP contribution is -2.39. The van der Waals surface area contributed by atoms with Gasteiger partial charge in [-0.2, -0.15) is 0 Å². The molecule has 0 unspecified atom stereocenters. The Morgan fingerprint density at radius 1 is 1.33 bits per heavy atom. The second-order valence-corrected chi connectivity index (χ2v) is 7.44. The Labute approximate surface area is 129 Å². The highest BCUT2D eigenvalue weighted by atomic mass is 32.1. The Balaban J connectivity index is 1.65. The van der Waals surface area contributed by atoms with Crippen molar-refractivity contribution in [1.82, 2.24) is 9.88 Å². The highest BCUT2D eigenvalue weighted by molar-refractivity contribution is 7.18. The van der Waals surface area contributed by atoms with Crippen molar-refractivity contribution in [3.8, 4) is 0 Å². The number of likely N-dealkylation sites (tertiary alicyclic amines) is 1. The van der Waals surface area contributed by atoms with Crippen molar-refractivity contribution in [2.75, 3.05) is 6.54 Å². The number of aromatic nitrogens is 1. The Morgan fingerprint density at radius 3 is 2.90 bits per heavy atom. The van der Waals surface area contributed by atoms with Gasteiger partial charge in [-0.05, 0) is 43.7 Å². The first-order chi connectivity index (χ1) is 10.2. The maximum Gasteiger partial charge on any atom is 0.226 e. The van der Waals surface area contributed by atoms with E-state index < -0.39 is 0 Å². The fourth-order valence-corrected chi connectivity index (χ4v) is 4.48. The van der Waals surface area contributed by atoms with E-state index in [-0.39, 0.29) is 12.0 Å². The maximum absolute atomic E-state index is 12.7. The summed E-state index contributed by atoms with van der Waals surface area (Å²) in [7, 11) is 0. The number of rotatable bonds is 2. The molecule has 2 aromatic rings. The molecule has 1 aromatic heterocycles. The predicted molar refractivity (Wildman–Crippen MR) is 85.2 cm³/mol. The maximum atomic E-state index is 12.7. The lowest BCUT2D eigenvalue weighted by atomic mass is 10.0. The van der Waals surface area contributed by atoms with Gasteiger partial charge in [-0.25, -0.2) is 4.98 Å². The number of hydrogen-bond donors (Lipinski definition) is 0. The van der Waals surface area contributed by atoms with Gasteiger partial charge >= 0.3 is 0 Å². The smallest absolute Gasteiger partial charge is 0.226 e. The van der Waals surface area contributed by atoms with Crippen molar-refractivity contribution in [2.45, 2.75) is 38.6 Å². The third-order valence-electron chi connectivity index (χ3n) is 4.81. The number of fused-ring (bicyclic) bond motifs is 1. The molecule has 1 amide bonds. The van der Waals surface area contributed by atoms with E-state index in [4.69, 9.17) is 4.98 Å². The molecule has 4 heteroatoms. The Bertz CT molecular complexity index is 647. The molecular weight excluding hydrogens is 280 g/mol. The average Bonchev–Trinajstić information content (AvgIpc) is 3.09. The number of carbonyl (C=O) groups excluding carboxylic acids is 1. The topological polar surface area (TPSA) is 33.2 Å². The normalized spacial score (nSPS) is 28.8. The van der Waals surface area contributed by atoms with Crippen LogP contribution in [-0.2, 0) is 4.79 Å². The molecule has 1 saturated heterocycles. The summed E-state index contributed by atoms with van der Waals surface area (Å²) in [5.74, 6) is 1.22. The molecule has 3 atom stereocenters. The summed E-state index contributed by atoms with van der Waals surface area (Å²) >= 11 is 1.75. The molecule has 2 fully saturated rings. The molecule has 1 saturated carbocycles. The Hall–Kier alpha value is -1.42. The standard InChI is InChI=1S/C17H20N2OS/c1-11-10-12(11)17(20)19-9-5-4-7-14(19)16-18-13-6-2-3-8-15(13)21-16/h2-3,6,8,11-12,14H,4-5,7,9-10H2,1H3/t11-,12+,14+/m1/s1. The van der Waals surface area contributed by atoms with Crippen LogP contribution >= 0.6 is 11.3 Å². The van der Waals surface area contributed by atoms with E-state index >= 15 is 0 Å². The first kappa shape index (κ1) is 13.3. The van der Waals surface area contributed by atoms with E-state index in [0.29, 0.717) is 11.8 Å². The van der Waals surface area contributed by atoms with Crippen molar-refractivity contribution in [3.05, 3.63) is 29.3 Å². The molecule has 2 heterocycles. The van der Waals surface area contributed by atoms with E-state index in [1.54, 1.807) is 11.3 Å². The lowest BCUT2D eigenvalue weighted by Gasteiger charge is -2.34. The molecule has 1 aromatic carbocycles. The summed E-state index contributed by atoms with van der Waals surface area (Å²) < 4.78 is 1.23. The molecule has 0 spiro atoms. The Kier molecular flexibility index (Phi) is 3.21. The fourth-order valence-electron chi connectivity index (χ4n) is 3.36. The van der Waals surface area contributed by atoms with Crippen LogP contribution in [0.5, 0.6) is 0 Å². The van der Waals surface area contributed by atoms with Gasteiger partial charge in [0.25, 0.3) is 0 Å². The summed E-state index contributed by atoms with van der Waals surface area (Å²) in [6, 6.07) is 8.47. The molecule has 2 aliphatic rings. The zero-order valence-corrected chi connectivity index (χ0v) is 13.1. The number of thiazole rings is 1. The summed E-state index contributed by atoms with van der Waals surface area (Å²) in [4.78, 5) is 19.6. The van der Waals surface area contributed by atoms with Crippen LogP contribution in [0, 0.1) is 11.8 Å². The van der Waals surface area contributed by atoms with Crippen molar-refractivity contribution in [2.24, 2.45) is 11.8 Å². The number of piperidine rings is 1. The molecule has 0 radical (unpaired) electrons. The monoisotopic (exact) mass is 300 g/mol. The van der Waals surface area contributed by atoms with Gasteiger partial charge in [0.1, 0.15) is 5.01 Å². The van der Waals surface area contributed by atoms with Crippen molar-refractivity contribution in [1.29, 1.82) is 0 Å². The summed E-state index contributed by atoms with van der Waals surface area (Å²) in [5, 5.41) is 1.12. The fraction of sp³-hybridized carbons (Fsp3) is 0.529. The third kappa shape index (κ3) is 2.35. The Morgan fingerprint density at radius 2 is 2.14 bits per heavy atom. The van der Waals surface area contributed by atoms with Gasteiger partial charge in [0.2, 0.25) is 5.91 Å². The minimum atomic E-state index is 0.205. The first-order valence-corrected chi connectivity index (χ1v) is 8.71. The van der Waals surface area contributed by atoms with E-state index in [1.807, 2.05) is 6.07 Å². The second kappa shape index (κ2) is 5.09. The number of hydrogen-bond acceptors (Lipinski definition) is 3. The van der Waals surface area contributed by atoms with Crippen LogP contribution in [0.2, 0.25) is 0 Å². The van der Waals surface area contributed by atoms with Crippen molar-refractivity contribution >= 4 is 27.5 Å². The van der Waals surface area contributed by atoms with E-state index in [2.05, 4.69) is 30.0 Å². The number of amides is 1. The predicted octanol–water partition coefficient (Wildman–Crippen LogP) is 4.01. The lowest BCUT2D eigenvalue weighted by molar-refractivity contribution is -0.136. The minimum Gasteiger partial charge on any atom is -0.333 e. The summed E-state index contributed by atoms with van der Waals surface area (Å²) in [5.41, 5.74) is 1.07. The van der Waals surface area contributed by atoms with E-state index in [1.165, 1.54) is 11.1 Å². The number of carbonyl (C=O) groups is 1. The van der Waals surface area contributed by atoms with Gasteiger partial charge < -0.3 is 4.90 Å². The summed E-state index contributed by atoms with van der Waals surface area (Å²) in [6.07, 6.45) is 4.47. The molecule has 1 aliphatic heterocycles. The quantitative estimate of drug-likeness (QED) is 0.839. The molecule has 110 valence electrons. The largest absolute Gasteiger partial charge is 0.333 e. The summed E-state index contributed by atoms with van der Waals surface area (Å²) in [6.45, 7) is 3.09. The minimum absolute atomic E-state index is 0.205. The van der Waals surface area contributed by atoms with Gasteiger partial charge in [0.05, 0.1) is 16.3 Å². The first-order valence-electron chi connectivity index (χ1n) is 7.90. The molecule has 21 heavy (non-hydrogen) atoms. The molecular formula is C17H20N2OS. The number of benzene rings is 1. The van der Waals surface area contributed by atoms with Crippen molar-refractivity contribution in [3.63, 3.8) is 0 Å². The van der Waals surface area contributed by atoms with Gasteiger partial charge in [-0.3, -0.25) is 4.79 Å². The van der Waals surface area contributed by atoms with Crippen LogP contribution in [0.15, 0.2) is 24.3 Å².